The second-order valence-electron chi connectivity index (χ2n) is 5.63. The molecule has 0 bridgehead atoms. The van der Waals surface area contributed by atoms with Crippen LogP contribution in [0.2, 0.25) is 0 Å². The van der Waals surface area contributed by atoms with E-state index < -0.39 is 0 Å². The Morgan fingerprint density at radius 1 is 1.19 bits per heavy atom. The number of carbonyl (C=O) groups excluding carboxylic acids is 1. The van der Waals surface area contributed by atoms with Crippen molar-refractivity contribution in [2.24, 2.45) is 11.7 Å². The molecule has 0 aromatic heterocycles. The summed E-state index contributed by atoms with van der Waals surface area (Å²) < 4.78 is 0. The molecule has 1 aromatic rings. The van der Waals surface area contributed by atoms with Crippen LogP contribution in [0, 0.1) is 17.8 Å². The first-order valence-electron chi connectivity index (χ1n) is 7.87. The molecule has 0 aliphatic heterocycles. The highest BCUT2D eigenvalue weighted by molar-refractivity contribution is 5.94. The predicted molar refractivity (Wildman–Crippen MR) is 85.9 cm³/mol. The largest absolute Gasteiger partial charge is 0.352 e. The van der Waals surface area contributed by atoms with E-state index >= 15 is 0 Å². The first-order valence-corrected chi connectivity index (χ1v) is 7.87. The average Bonchev–Trinajstić information content (AvgIpc) is 2.54. The van der Waals surface area contributed by atoms with Gasteiger partial charge in [-0.15, -0.1) is 0 Å². The maximum atomic E-state index is 12.0. The Morgan fingerprint density at radius 2 is 1.90 bits per heavy atom. The number of benzene rings is 1. The number of carbonyl (C=O) groups is 1. The van der Waals surface area contributed by atoms with E-state index in [4.69, 9.17) is 5.73 Å². The highest BCUT2D eigenvalue weighted by Crippen LogP contribution is 2.25. The molecule has 3 N–H and O–H groups in total. The van der Waals surface area contributed by atoms with Gasteiger partial charge in [0.25, 0.3) is 5.91 Å². The van der Waals surface area contributed by atoms with E-state index in [0.29, 0.717) is 12.1 Å². The van der Waals surface area contributed by atoms with Crippen LogP contribution in [0.25, 0.3) is 0 Å². The van der Waals surface area contributed by atoms with Gasteiger partial charge in [-0.05, 0) is 36.6 Å². The van der Waals surface area contributed by atoms with E-state index in [1.54, 1.807) is 0 Å². The maximum Gasteiger partial charge on any atom is 0.251 e. The first-order chi connectivity index (χ1) is 10.3. The fourth-order valence-electron chi connectivity index (χ4n) is 2.83. The highest BCUT2D eigenvalue weighted by Gasteiger charge is 2.13. The summed E-state index contributed by atoms with van der Waals surface area (Å²) in [6.07, 6.45) is 7.83. The molecule has 112 valence electrons. The molecule has 0 radical (unpaired) electrons. The predicted octanol–water partition coefficient (Wildman–Crippen LogP) is 2.70. The Balaban J connectivity index is 1.77. The zero-order chi connectivity index (χ0) is 14.9. The van der Waals surface area contributed by atoms with Gasteiger partial charge in [-0.3, -0.25) is 4.79 Å². The minimum atomic E-state index is 0.00384. The molecule has 1 fully saturated rings. The lowest BCUT2D eigenvalue weighted by Crippen LogP contribution is -2.26. The van der Waals surface area contributed by atoms with E-state index in [0.717, 1.165) is 24.4 Å². The summed E-state index contributed by atoms with van der Waals surface area (Å²) in [5.41, 5.74) is 6.91. The van der Waals surface area contributed by atoms with Crippen molar-refractivity contribution in [2.45, 2.75) is 38.5 Å². The minimum absolute atomic E-state index is 0.00384. The zero-order valence-corrected chi connectivity index (χ0v) is 12.5. The molecule has 1 aliphatic carbocycles. The van der Waals surface area contributed by atoms with Crippen LogP contribution < -0.4 is 11.1 Å². The van der Waals surface area contributed by atoms with Crippen LogP contribution in [-0.2, 0) is 0 Å². The van der Waals surface area contributed by atoms with E-state index in [1.807, 2.05) is 24.3 Å². The van der Waals surface area contributed by atoms with Crippen LogP contribution in [0.4, 0.5) is 0 Å². The van der Waals surface area contributed by atoms with Crippen molar-refractivity contribution in [1.29, 1.82) is 0 Å². The highest BCUT2D eigenvalue weighted by atomic mass is 16.1. The van der Waals surface area contributed by atoms with Gasteiger partial charge in [0.05, 0.1) is 6.54 Å². The van der Waals surface area contributed by atoms with E-state index in [-0.39, 0.29) is 5.91 Å². The van der Waals surface area contributed by atoms with Gasteiger partial charge in [-0.2, -0.15) is 0 Å². The standard InChI is InChI=1S/C18H24N2O/c19-13-4-7-16-8-10-17(11-9-16)18(21)20-14-12-15-5-2-1-3-6-15/h8-11,15H,1-3,5-6,12-14,19H2,(H,20,21). The minimum Gasteiger partial charge on any atom is -0.352 e. The summed E-state index contributed by atoms with van der Waals surface area (Å²) in [7, 11) is 0. The molecule has 0 atom stereocenters. The molecule has 1 amide bonds. The summed E-state index contributed by atoms with van der Waals surface area (Å²) in [6.45, 7) is 1.13. The molecular formula is C18H24N2O. The quantitative estimate of drug-likeness (QED) is 0.835. The first kappa shape index (κ1) is 15.6. The second kappa shape index (κ2) is 8.49. The lowest BCUT2D eigenvalue weighted by molar-refractivity contribution is 0.0950. The molecule has 0 heterocycles. The topological polar surface area (TPSA) is 55.1 Å². The van der Waals surface area contributed by atoms with Crippen molar-refractivity contribution in [3.63, 3.8) is 0 Å². The van der Waals surface area contributed by atoms with Crippen LogP contribution in [0.15, 0.2) is 24.3 Å². The third-order valence-corrected chi connectivity index (χ3v) is 4.04. The summed E-state index contributed by atoms with van der Waals surface area (Å²) in [6, 6.07) is 7.35. The van der Waals surface area contributed by atoms with Crippen molar-refractivity contribution < 1.29 is 4.79 Å². The second-order valence-corrected chi connectivity index (χ2v) is 5.63. The number of nitrogens with two attached hydrogens (primary N) is 1. The van der Waals surface area contributed by atoms with Gasteiger partial charge >= 0.3 is 0 Å². The Kier molecular flexibility index (Phi) is 6.30. The monoisotopic (exact) mass is 284 g/mol. The third-order valence-electron chi connectivity index (χ3n) is 4.04. The van der Waals surface area contributed by atoms with Gasteiger partial charge in [0.2, 0.25) is 0 Å². The van der Waals surface area contributed by atoms with Gasteiger partial charge in [0, 0.05) is 17.7 Å². The van der Waals surface area contributed by atoms with Crippen molar-refractivity contribution >= 4 is 5.91 Å². The average molecular weight is 284 g/mol. The third kappa shape index (κ3) is 5.24. The van der Waals surface area contributed by atoms with Gasteiger partial charge in [0.1, 0.15) is 0 Å². The number of amides is 1. The maximum absolute atomic E-state index is 12.0. The molecule has 1 saturated carbocycles. The van der Waals surface area contributed by atoms with E-state index in [9.17, 15) is 4.79 Å². The SMILES string of the molecule is NCC#Cc1ccc(C(=O)NCCC2CCCCC2)cc1. The van der Waals surface area contributed by atoms with Crippen molar-refractivity contribution in [2.75, 3.05) is 13.1 Å². The molecule has 1 aliphatic rings. The Labute approximate surface area is 127 Å². The Bertz CT molecular complexity index is 504. The van der Waals surface area contributed by atoms with E-state index in [2.05, 4.69) is 17.2 Å². The zero-order valence-electron chi connectivity index (χ0n) is 12.5. The van der Waals surface area contributed by atoms with Gasteiger partial charge in [0.15, 0.2) is 0 Å². The molecule has 21 heavy (non-hydrogen) atoms. The van der Waals surface area contributed by atoms with Crippen LogP contribution in [-0.4, -0.2) is 19.0 Å². The van der Waals surface area contributed by atoms with Crippen LogP contribution in [0.3, 0.4) is 0 Å². The fraction of sp³-hybridized carbons (Fsp3) is 0.500. The molecule has 0 spiro atoms. The van der Waals surface area contributed by atoms with Crippen molar-refractivity contribution in [3.8, 4) is 11.8 Å². The lowest BCUT2D eigenvalue weighted by atomic mass is 9.87. The number of hydrogen-bond acceptors (Lipinski definition) is 2. The molecule has 2 rings (SSSR count). The van der Waals surface area contributed by atoms with Crippen molar-refractivity contribution in [1.82, 2.24) is 5.32 Å². The number of rotatable bonds is 4. The Morgan fingerprint density at radius 3 is 2.57 bits per heavy atom. The summed E-state index contributed by atoms with van der Waals surface area (Å²) in [5.74, 6) is 6.55. The normalized spacial score (nSPS) is 15.1. The van der Waals surface area contributed by atoms with Gasteiger partial charge in [-0.1, -0.05) is 43.9 Å². The van der Waals surface area contributed by atoms with Gasteiger partial charge in [-0.25, -0.2) is 0 Å². The van der Waals surface area contributed by atoms with Crippen LogP contribution >= 0.6 is 0 Å². The Hall–Kier alpha value is -1.79. The van der Waals surface area contributed by atoms with Gasteiger partial charge < -0.3 is 11.1 Å². The fourth-order valence-corrected chi connectivity index (χ4v) is 2.83. The summed E-state index contributed by atoms with van der Waals surface area (Å²) in [5, 5.41) is 3.01. The molecule has 1 aromatic carbocycles. The molecular weight excluding hydrogens is 260 g/mol. The lowest BCUT2D eigenvalue weighted by Gasteiger charge is -2.21. The smallest absolute Gasteiger partial charge is 0.251 e. The molecule has 0 unspecified atom stereocenters. The summed E-state index contributed by atoms with van der Waals surface area (Å²) in [4.78, 5) is 12.0. The van der Waals surface area contributed by atoms with Crippen LogP contribution in [0.1, 0.15) is 54.4 Å². The molecule has 3 heteroatoms. The number of nitrogens with one attached hydrogen (secondary N) is 1. The molecule has 3 nitrogen and oxygen atoms in total. The van der Waals surface area contributed by atoms with Crippen LogP contribution in [0.5, 0.6) is 0 Å². The van der Waals surface area contributed by atoms with Crippen molar-refractivity contribution in [3.05, 3.63) is 35.4 Å². The molecule has 0 saturated heterocycles. The number of hydrogen-bond donors (Lipinski definition) is 2. The van der Waals surface area contributed by atoms with E-state index in [1.165, 1.54) is 32.1 Å². The summed E-state index contributed by atoms with van der Waals surface area (Å²) >= 11 is 0.